The first-order valence-corrected chi connectivity index (χ1v) is 10.8. The summed E-state index contributed by atoms with van der Waals surface area (Å²) < 4.78 is 0. The lowest BCUT2D eigenvalue weighted by Gasteiger charge is -2.11. The Morgan fingerprint density at radius 2 is 1.94 bits per heavy atom. The second-order valence-corrected chi connectivity index (χ2v) is 8.62. The van der Waals surface area contributed by atoms with E-state index in [9.17, 15) is 4.79 Å². The molecule has 3 aromatic heterocycles. The minimum Gasteiger partial charge on any atom is -0.375 e. The summed E-state index contributed by atoms with van der Waals surface area (Å²) in [4.78, 5) is 28.9. The summed E-state index contributed by atoms with van der Waals surface area (Å²) in [6, 6.07) is 11.6. The summed E-state index contributed by atoms with van der Waals surface area (Å²) in [7, 11) is 4.03. The number of carbonyl (C=O) groups excluding carboxylic acids is 1. The molecule has 0 aliphatic heterocycles. The number of benzene rings is 1. The Hall–Kier alpha value is -3.36. The highest BCUT2D eigenvalue weighted by molar-refractivity contribution is 7.18. The number of Topliss-reactive ketones (excluding diaryl/α,β-unsaturated/α-hetero) is 1. The fourth-order valence-corrected chi connectivity index (χ4v) is 3.91. The van der Waals surface area contributed by atoms with Gasteiger partial charge >= 0.3 is 0 Å². The quantitative estimate of drug-likeness (QED) is 0.409. The Bertz CT molecular complexity index is 1220. The molecule has 31 heavy (non-hydrogen) atoms. The predicted molar refractivity (Wildman–Crippen MR) is 127 cm³/mol. The van der Waals surface area contributed by atoms with E-state index in [1.807, 2.05) is 38.5 Å². The third kappa shape index (κ3) is 5.22. The Labute approximate surface area is 185 Å². The van der Waals surface area contributed by atoms with Crippen molar-refractivity contribution in [3.05, 3.63) is 66.2 Å². The number of anilines is 2. The van der Waals surface area contributed by atoms with Gasteiger partial charge in [0.05, 0.1) is 11.3 Å². The van der Waals surface area contributed by atoms with Crippen molar-refractivity contribution in [3.8, 4) is 10.4 Å². The number of aromatic nitrogens is 3. The Balaban J connectivity index is 1.50. The molecule has 7 nitrogen and oxygen atoms in total. The lowest BCUT2D eigenvalue weighted by atomic mass is 10.0. The van der Waals surface area contributed by atoms with E-state index < -0.39 is 0 Å². The van der Waals surface area contributed by atoms with E-state index in [2.05, 4.69) is 31.2 Å². The smallest absolute Gasteiger partial charge is 0.180 e. The topological polar surface area (TPSA) is 97.0 Å². The van der Waals surface area contributed by atoms with Crippen LogP contribution >= 0.6 is 11.3 Å². The normalized spacial score (nSPS) is 11.2. The third-order valence-electron chi connectivity index (χ3n) is 4.88. The molecule has 158 valence electrons. The van der Waals surface area contributed by atoms with Gasteiger partial charge in [0.15, 0.2) is 10.9 Å². The van der Waals surface area contributed by atoms with Crippen LogP contribution in [0.1, 0.15) is 16.1 Å². The average molecular weight is 433 g/mol. The van der Waals surface area contributed by atoms with Crippen LogP contribution < -0.4 is 11.1 Å². The molecule has 4 rings (SSSR count). The van der Waals surface area contributed by atoms with Crippen LogP contribution in [0.25, 0.3) is 21.2 Å². The number of ketones is 1. The third-order valence-corrected chi connectivity index (χ3v) is 5.75. The molecule has 0 atom stereocenters. The number of fused-ring (bicyclic) bond motifs is 1. The Kier molecular flexibility index (Phi) is 6.20. The van der Waals surface area contributed by atoms with Crippen molar-refractivity contribution in [2.75, 3.05) is 38.2 Å². The van der Waals surface area contributed by atoms with Gasteiger partial charge in [-0.1, -0.05) is 23.5 Å². The van der Waals surface area contributed by atoms with Gasteiger partial charge in [0.25, 0.3) is 0 Å². The maximum absolute atomic E-state index is 12.9. The number of nitrogen functional groups attached to an aromatic ring is 1. The van der Waals surface area contributed by atoms with Crippen LogP contribution in [0.4, 0.5) is 10.9 Å². The molecule has 3 heterocycles. The molecule has 0 spiro atoms. The summed E-state index contributed by atoms with van der Waals surface area (Å²) in [6.07, 6.45) is 5.48. The standard InChI is InChI=1S/C23H24N6OS/c1-29(2)8-7-26-22-11-15(5-6-25-22)20(30)12-19-10-18-9-16(3-4-17(18)13-27-19)21-14-28-23(24)31-21/h3-6,9-11,13-14H,7-8,12H2,1-2H3,(H2,24,28)(H,25,26). The summed E-state index contributed by atoms with van der Waals surface area (Å²) in [5.74, 6) is 0.712. The second kappa shape index (κ2) is 9.20. The van der Waals surface area contributed by atoms with Crippen molar-refractivity contribution in [2.45, 2.75) is 6.42 Å². The zero-order chi connectivity index (χ0) is 21.8. The number of rotatable bonds is 8. The second-order valence-electron chi connectivity index (χ2n) is 7.56. The van der Waals surface area contributed by atoms with Gasteiger partial charge in [-0.2, -0.15) is 0 Å². The fourth-order valence-electron chi connectivity index (χ4n) is 3.23. The fraction of sp³-hybridized carbons (Fsp3) is 0.217. The van der Waals surface area contributed by atoms with Crippen molar-refractivity contribution in [2.24, 2.45) is 0 Å². The monoisotopic (exact) mass is 432 g/mol. The molecule has 8 heteroatoms. The summed E-state index contributed by atoms with van der Waals surface area (Å²) in [5, 5.41) is 5.85. The van der Waals surface area contributed by atoms with E-state index in [1.54, 1.807) is 24.5 Å². The number of likely N-dealkylation sites (N-methyl/N-ethyl adjacent to an activating group) is 1. The van der Waals surface area contributed by atoms with Gasteiger partial charge in [0.2, 0.25) is 0 Å². The highest BCUT2D eigenvalue weighted by atomic mass is 32.1. The van der Waals surface area contributed by atoms with Gasteiger partial charge < -0.3 is 16.0 Å². The molecule has 0 aliphatic rings. The lowest BCUT2D eigenvalue weighted by molar-refractivity contribution is 0.0992. The summed E-state index contributed by atoms with van der Waals surface area (Å²) in [5.41, 5.74) is 8.17. The zero-order valence-electron chi connectivity index (χ0n) is 17.5. The average Bonchev–Trinajstić information content (AvgIpc) is 3.19. The van der Waals surface area contributed by atoms with Crippen LogP contribution in [-0.4, -0.2) is 52.8 Å². The SMILES string of the molecule is CN(C)CCNc1cc(C(=O)Cc2cc3cc(-c4cnc(N)s4)ccc3cn2)ccn1. The van der Waals surface area contributed by atoms with Crippen molar-refractivity contribution >= 4 is 38.8 Å². The molecule has 1 aromatic carbocycles. The number of hydrogen-bond acceptors (Lipinski definition) is 8. The molecule has 0 amide bonds. The highest BCUT2D eigenvalue weighted by Crippen LogP contribution is 2.30. The maximum atomic E-state index is 12.9. The predicted octanol–water partition coefficient (Wildman–Crippen LogP) is 3.73. The van der Waals surface area contributed by atoms with E-state index in [4.69, 9.17) is 5.73 Å². The van der Waals surface area contributed by atoms with Crippen LogP contribution in [0, 0.1) is 0 Å². The molecule has 0 fully saturated rings. The number of carbonyl (C=O) groups is 1. The number of thiazole rings is 1. The van der Waals surface area contributed by atoms with Crippen LogP contribution in [0.15, 0.2) is 55.0 Å². The highest BCUT2D eigenvalue weighted by Gasteiger charge is 2.11. The molecule has 0 saturated carbocycles. The molecule has 0 unspecified atom stereocenters. The van der Waals surface area contributed by atoms with Gasteiger partial charge in [-0.3, -0.25) is 9.78 Å². The van der Waals surface area contributed by atoms with Gasteiger partial charge in [-0.05, 0) is 49.3 Å². The Morgan fingerprint density at radius 1 is 1.06 bits per heavy atom. The van der Waals surface area contributed by atoms with E-state index in [1.165, 1.54) is 11.3 Å². The molecule has 0 bridgehead atoms. The van der Waals surface area contributed by atoms with Crippen LogP contribution in [0.2, 0.25) is 0 Å². The minimum atomic E-state index is 0.0105. The number of nitrogens with zero attached hydrogens (tertiary/aromatic N) is 4. The number of nitrogens with one attached hydrogen (secondary N) is 1. The van der Waals surface area contributed by atoms with Crippen molar-refractivity contribution in [3.63, 3.8) is 0 Å². The van der Waals surface area contributed by atoms with Crippen molar-refractivity contribution < 1.29 is 4.79 Å². The van der Waals surface area contributed by atoms with E-state index in [-0.39, 0.29) is 12.2 Å². The van der Waals surface area contributed by atoms with E-state index in [0.29, 0.717) is 16.5 Å². The molecular weight excluding hydrogens is 408 g/mol. The van der Waals surface area contributed by atoms with Crippen molar-refractivity contribution in [1.82, 2.24) is 19.9 Å². The van der Waals surface area contributed by atoms with Crippen LogP contribution in [-0.2, 0) is 6.42 Å². The van der Waals surface area contributed by atoms with Gasteiger partial charge in [-0.25, -0.2) is 9.97 Å². The maximum Gasteiger partial charge on any atom is 0.180 e. The summed E-state index contributed by atoms with van der Waals surface area (Å²) >= 11 is 1.45. The molecule has 3 N–H and O–H groups in total. The van der Waals surface area contributed by atoms with Crippen LogP contribution in [0.3, 0.4) is 0 Å². The molecular formula is C23H24N6OS. The molecule has 0 saturated heterocycles. The first-order valence-electron chi connectivity index (χ1n) is 9.96. The van der Waals surface area contributed by atoms with E-state index in [0.717, 1.165) is 40.0 Å². The number of pyridine rings is 2. The molecule has 4 aromatic rings. The molecule has 0 radical (unpaired) electrons. The minimum absolute atomic E-state index is 0.0105. The first-order chi connectivity index (χ1) is 15.0. The summed E-state index contributed by atoms with van der Waals surface area (Å²) in [6.45, 7) is 1.65. The zero-order valence-corrected chi connectivity index (χ0v) is 18.3. The lowest BCUT2D eigenvalue weighted by Crippen LogP contribution is -2.21. The Morgan fingerprint density at radius 3 is 2.71 bits per heavy atom. The van der Waals surface area contributed by atoms with Gasteiger partial charge in [0, 0.05) is 48.3 Å². The van der Waals surface area contributed by atoms with Crippen LogP contribution in [0.5, 0.6) is 0 Å². The van der Waals surface area contributed by atoms with Gasteiger partial charge in [0.1, 0.15) is 5.82 Å². The number of nitrogens with two attached hydrogens (primary N) is 1. The number of hydrogen-bond donors (Lipinski definition) is 2. The first kappa shape index (κ1) is 20.9. The van der Waals surface area contributed by atoms with E-state index >= 15 is 0 Å². The molecule has 0 aliphatic carbocycles. The van der Waals surface area contributed by atoms with Crippen molar-refractivity contribution in [1.29, 1.82) is 0 Å². The largest absolute Gasteiger partial charge is 0.375 e. The van der Waals surface area contributed by atoms with Gasteiger partial charge in [-0.15, -0.1) is 0 Å².